The van der Waals surface area contributed by atoms with E-state index in [9.17, 15) is 4.79 Å². The van der Waals surface area contributed by atoms with Crippen molar-refractivity contribution >= 4 is 5.91 Å². The maximum absolute atomic E-state index is 12.6. The smallest absolute Gasteiger partial charge is 0.237 e. The van der Waals surface area contributed by atoms with Crippen molar-refractivity contribution in [2.24, 2.45) is 11.7 Å². The van der Waals surface area contributed by atoms with Crippen LogP contribution in [-0.4, -0.2) is 56.8 Å². The van der Waals surface area contributed by atoms with Gasteiger partial charge in [0.2, 0.25) is 5.91 Å². The predicted molar refractivity (Wildman–Crippen MR) is 101 cm³/mol. The molecule has 2 atom stereocenters. The van der Waals surface area contributed by atoms with Crippen LogP contribution in [0.3, 0.4) is 0 Å². The molecule has 0 spiro atoms. The van der Waals surface area contributed by atoms with Gasteiger partial charge in [-0.05, 0) is 62.4 Å². The van der Waals surface area contributed by atoms with E-state index < -0.39 is 6.04 Å². The van der Waals surface area contributed by atoms with Gasteiger partial charge in [-0.25, -0.2) is 0 Å². The third-order valence-electron chi connectivity index (χ3n) is 5.63. The van der Waals surface area contributed by atoms with Crippen molar-refractivity contribution in [1.29, 1.82) is 0 Å². The molecule has 0 aromatic heterocycles. The first kappa shape index (κ1) is 19.1. The SMILES string of the molecule is COc1ccc(C(CNC(=O)C(N)C2CCOCC2)N2CCCC2)cc1. The van der Waals surface area contributed by atoms with E-state index in [0.29, 0.717) is 19.8 Å². The minimum Gasteiger partial charge on any atom is -0.497 e. The van der Waals surface area contributed by atoms with E-state index in [2.05, 4.69) is 22.3 Å². The monoisotopic (exact) mass is 361 g/mol. The summed E-state index contributed by atoms with van der Waals surface area (Å²) in [6, 6.07) is 7.86. The molecule has 2 heterocycles. The minimum absolute atomic E-state index is 0.0467. The van der Waals surface area contributed by atoms with E-state index in [1.165, 1.54) is 18.4 Å². The number of nitrogens with zero attached hydrogens (tertiary/aromatic N) is 1. The average molecular weight is 361 g/mol. The highest BCUT2D eigenvalue weighted by Gasteiger charge is 2.28. The first-order valence-electron chi connectivity index (χ1n) is 9.68. The number of likely N-dealkylation sites (tertiary alicyclic amines) is 1. The van der Waals surface area contributed by atoms with Crippen molar-refractivity contribution < 1.29 is 14.3 Å². The van der Waals surface area contributed by atoms with Crippen LogP contribution < -0.4 is 15.8 Å². The Morgan fingerprint density at radius 1 is 1.27 bits per heavy atom. The van der Waals surface area contributed by atoms with Crippen LogP contribution in [-0.2, 0) is 9.53 Å². The first-order valence-corrected chi connectivity index (χ1v) is 9.68. The number of amides is 1. The van der Waals surface area contributed by atoms with Crippen LogP contribution in [0.2, 0.25) is 0 Å². The molecule has 26 heavy (non-hydrogen) atoms. The quantitative estimate of drug-likeness (QED) is 0.773. The van der Waals surface area contributed by atoms with Crippen molar-refractivity contribution in [3.05, 3.63) is 29.8 Å². The number of hydrogen-bond acceptors (Lipinski definition) is 5. The summed E-state index contributed by atoms with van der Waals surface area (Å²) in [6.07, 6.45) is 4.15. The maximum Gasteiger partial charge on any atom is 0.237 e. The Hall–Kier alpha value is -1.63. The molecule has 2 aliphatic rings. The van der Waals surface area contributed by atoms with Gasteiger partial charge in [0, 0.05) is 19.8 Å². The fourth-order valence-corrected chi connectivity index (χ4v) is 3.94. The molecule has 3 N–H and O–H groups in total. The molecule has 1 amide bonds. The molecular weight excluding hydrogens is 330 g/mol. The zero-order chi connectivity index (χ0) is 18.4. The number of carbonyl (C=O) groups is 1. The van der Waals surface area contributed by atoms with Crippen molar-refractivity contribution in [2.45, 2.75) is 37.8 Å². The summed E-state index contributed by atoms with van der Waals surface area (Å²) in [7, 11) is 1.67. The van der Waals surface area contributed by atoms with Crippen molar-refractivity contribution in [3.63, 3.8) is 0 Å². The van der Waals surface area contributed by atoms with E-state index in [0.717, 1.165) is 31.7 Å². The largest absolute Gasteiger partial charge is 0.497 e. The molecular formula is C20H31N3O3. The van der Waals surface area contributed by atoms with Crippen LogP contribution in [0.5, 0.6) is 5.75 Å². The van der Waals surface area contributed by atoms with Gasteiger partial charge in [-0.3, -0.25) is 9.69 Å². The fourth-order valence-electron chi connectivity index (χ4n) is 3.94. The molecule has 0 aliphatic carbocycles. The van der Waals surface area contributed by atoms with E-state index in [1.807, 2.05) is 12.1 Å². The normalized spacial score (nSPS) is 21.3. The van der Waals surface area contributed by atoms with Crippen molar-refractivity contribution in [2.75, 3.05) is 40.0 Å². The second-order valence-electron chi connectivity index (χ2n) is 7.25. The second-order valence-corrected chi connectivity index (χ2v) is 7.25. The van der Waals surface area contributed by atoms with Gasteiger partial charge >= 0.3 is 0 Å². The highest BCUT2D eigenvalue weighted by Crippen LogP contribution is 2.26. The van der Waals surface area contributed by atoms with Crippen molar-refractivity contribution in [1.82, 2.24) is 10.2 Å². The number of rotatable bonds is 7. The molecule has 6 nitrogen and oxygen atoms in total. The fraction of sp³-hybridized carbons (Fsp3) is 0.650. The zero-order valence-corrected chi connectivity index (χ0v) is 15.7. The van der Waals surface area contributed by atoms with E-state index >= 15 is 0 Å². The van der Waals surface area contributed by atoms with Gasteiger partial charge in [0.25, 0.3) is 0 Å². The Kier molecular flexibility index (Phi) is 6.88. The van der Waals surface area contributed by atoms with Crippen molar-refractivity contribution in [3.8, 4) is 5.75 Å². The van der Waals surface area contributed by atoms with Crippen LogP contribution in [0.1, 0.15) is 37.3 Å². The van der Waals surface area contributed by atoms with Gasteiger partial charge < -0.3 is 20.5 Å². The van der Waals surface area contributed by atoms with Gasteiger partial charge in [0.15, 0.2) is 0 Å². The molecule has 1 aromatic rings. The number of ether oxygens (including phenoxy) is 2. The van der Waals surface area contributed by atoms with Crippen LogP contribution in [0.4, 0.5) is 0 Å². The Morgan fingerprint density at radius 2 is 1.92 bits per heavy atom. The highest BCUT2D eigenvalue weighted by atomic mass is 16.5. The Labute approximate surface area is 156 Å². The van der Waals surface area contributed by atoms with E-state index in [-0.39, 0.29) is 17.9 Å². The molecule has 2 unspecified atom stereocenters. The molecule has 0 saturated carbocycles. The lowest BCUT2D eigenvalue weighted by molar-refractivity contribution is -0.124. The van der Waals surface area contributed by atoms with E-state index in [4.69, 9.17) is 15.2 Å². The average Bonchev–Trinajstić information content (AvgIpc) is 3.23. The molecule has 3 rings (SSSR count). The maximum atomic E-state index is 12.6. The van der Waals surface area contributed by atoms with Gasteiger partial charge in [-0.1, -0.05) is 12.1 Å². The predicted octanol–water partition coefficient (Wildman–Crippen LogP) is 1.70. The van der Waals surface area contributed by atoms with Crippen LogP contribution >= 0.6 is 0 Å². The third kappa shape index (κ3) is 4.75. The molecule has 0 radical (unpaired) electrons. The van der Waals surface area contributed by atoms with Gasteiger partial charge in [-0.15, -0.1) is 0 Å². The second kappa shape index (κ2) is 9.35. The molecule has 1 aromatic carbocycles. The summed E-state index contributed by atoms with van der Waals surface area (Å²) >= 11 is 0. The molecule has 2 fully saturated rings. The summed E-state index contributed by atoms with van der Waals surface area (Å²) in [5.41, 5.74) is 7.41. The van der Waals surface area contributed by atoms with Crippen LogP contribution in [0.25, 0.3) is 0 Å². The molecule has 6 heteroatoms. The number of hydrogen-bond donors (Lipinski definition) is 2. The summed E-state index contributed by atoms with van der Waals surface area (Å²) < 4.78 is 10.6. The van der Waals surface area contributed by atoms with Gasteiger partial charge in [0.05, 0.1) is 19.2 Å². The number of nitrogens with one attached hydrogen (secondary N) is 1. The lowest BCUT2D eigenvalue weighted by Crippen LogP contribution is -2.49. The van der Waals surface area contributed by atoms with Crippen LogP contribution in [0.15, 0.2) is 24.3 Å². The highest BCUT2D eigenvalue weighted by molar-refractivity contribution is 5.81. The third-order valence-corrected chi connectivity index (χ3v) is 5.63. The molecule has 0 bridgehead atoms. The first-order chi connectivity index (χ1) is 12.7. The topological polar surface area (TPSA) is 76.8 Å². The number of nitrogens with two attached hydrogens (primary N) is 1. The zero-order valence-electron chi connectivity index (χ0n) is 15.7. The standard InChI is InChI=1S/C20H31N3O3/c1-25-17-6-4-15(5-7-17)18(23-10-2-3-11-23)14-22-20(24)19(21)16-8-12-26-13-9-16/h4-7,16,18-19H,2-3,8-14,21H2,1H3,(H,22,24). The number of methoxy groups -OCH3 is 1. The Morgan fingerprint density at radius 3 is 2.54 bits per heavy atom. The summed E-state index contributed by atoms with van der Waals surface area (Å²) in [5, 5.41) is 3.11. The molecule has 144 valence electrons. The summed E-state index contributed by atoms with van der Waals surface area (Å²) in [5.74, 6) is 1.02. The van der Waals surface area contributed by atoms with E-state index in [1.54, 1.807) is 7.11 Å². The molecule has 2 saturated heterocycles. The lowest BCUT2D eigenvalue weighted by Gasteiger charge is -2.30. The van der Waals surface area contributed by atoms with Gasteiger partial charge in [-0.2, -0.15) is 0 Å². The summed E-state index contributed by atoms with van der Waals surface area (Å²) in [6.45, 7) is 4.13. The Balaban J connectivity index is 1.62. The summed E-state index contributed by atoms with van der Waals surface area (Å²) in [4.78, 5) is 15.0. The van der Waals surface area contributed by atoms with Crippen LogP contribution in [0, 0.1) is 5.92 Å². The Bertz CT molecular complexity index is 566. The lowest BCUT2D eigenvalue weighted by atomic mass is 9.92. The van der Waals surface area contributed by atoms with Gasteiger partial charge in [0.1, 0.15) is 5.75 Å². The minimum atomic E-state index is -0.450. The molecule has 2 aliphatic heterocycles. The number of carbonyl (C=O) groups excluding carboxylic acids is 1. The number of benzene rings is 1.